The number of benzene rings is 2. The molecule has 2 heterocycles. The molecule has 0 fully saturated rings. The standard InChI is InChI=1S/C25H24BrNO6/c1-25(2,3)33-24(30)27-19-8-7-13(23(28)29)9-16(19)14-5-4-6-15(14)22(27)17-10-20-21(11-18(17)26)32-12-31-20/h4-5,7-11,14-15,22H,6,12H2,1-3H3,(H,28,29)/t14-,15+,22-/m1/s1. The lowest BCUT2D eigenvalue weighted by molar-refractivity contribution is 0.0545. The number of carbonyl (C=O) groups excluding carboxylic acids is 1. The molecule has 0 aromatic heterocycles. The van der Waals surface area contributed by atoms with Crippen LogP contribution in [0.2, 0.25) is 0 Å². The zero-order valence-corrected chi connectivity index (χ0v) is 20.1. The van der Waals surface area contributed by atoms with Crippen LogP contribution in [0.25, 0.3) is 0 Å². The number of fused-ring (bicyclic) bond motifs is 4. The maximum absolute atomic E-state index is 13.6. The van der Waals surface area contributed by atoms with Crippen molar-refractivity contribution in [2.75, 3.05) is 11.7 Å². The van der Waals surface area contributed by atoms with E-state index in [0.717, 1.165) is 22.0 Å². The number of carbonyl (C=O) groups is 2. The lowest BCUT2D eigenvalue weighted by Crippen LogP contribution is -2.46. The fourth-order valence-corrected chi connectivity index (χ4v) is 5.46. The van der Waals surface area contributed by atoms with Gasteiger partial charge >= 0.3 is 12.1 Å². The van der Waals surface area contributed by atoms with E-state index in [9.17, 15) is 14.7 Å². The molecule has 3 aliphatic rings. The molecule has 0 bridgehead atoms. The molecule has 3 atom stereocenters. The number of ether oxygens (including phenoxy) is 3. The van der Waals surface area contributed by atoms with Gasteiger partial charge in [0.05, 0.1) is 17.3 Å². The summed E-state index contributed by atoms with van der Waals surface area (Å²) >= 11 is 3.68. The molecule has 8 heteroatoms. The van der Waals surface area contributed by atoms with Gasteiger partial charge in [0.15, 0.2) is 11.5 Å². The summed E-state index contributed by atoms with van der Waals surface area (Å²) in [6.07, 6.45) is 4.47. The summed E-state index contributed by atoms with van der Waals surface area (Å²) in [4.78, 5) is 26.9. The first kappa shape index (κ1) is 21.8. The van der Waals surface area contributed by atoms with Gasteiger partial charge in [-0.25, -0.2) is 9.59 Å². The van der Waals surface area contributed by atoms with Gasteiger partial charge in [-0.05, 0) is 74.6 Å². The minimum atomic E-state index is -0.999. The number of hydrogen-bond acceptors (Lipinski definition) is 5. The van der Waals surface area contributed by atoms with Crippen LogP contribution in [0.5, 0.6) is 11.5 Å². The van der Waals surface area contributed by atoms with E-state index >= 15 is 0 Å². The molecular formula is C25H24BrNO6. The molecule has 5 rings (SSSR count). The van der Waals surface area contributed by atoms with Crippen LogP contribution < -0.4 is 14.4 Å². The lowest BCUT2D eigenvalue weighted by Gasteiger charge is -2.45. The predicted octanol–water partition coefficient (Wildman–Crippen LogP) is 6.03. The molecule has 2 aromatic rings. The fraction of sp³-hybridized carbons (Fsp3) is 0.360. The van der Waals surface area contributed by atoms with Crippen LogP contribution in [-0.2, 0) is 4.74 Å². The van der Waals surface area contributed by atoms with Crippen molar-refractivity contribution in [3.8, 4) is 11.5 Å². The summed E-state index contributed by atoms with van der Waals surface area (Å²) in [7, 11) is 0. The fourth-order valence-electron chi connectivity index (χ4n) is 4.90. The minimum Gasteiger partial charge on any atom is -0.478 e. The van der Waals surface area contributed by atoms with Gasteiger partial charge in [0.1, 0.15) is 5.60 Å². The molecule has 0 radical (unpaired) electrons. The monoisotopic (exact) mass is 513 g/mol. The van der Waals surface area contributed by atoms with Crippen molar-refractivity contribution in [1.29, 1.82) is 0 Å². The highest BCUT2D eigenvalue weighted by molar-refractivity contribution is 9.10. The molecule has 172 valence electrons. The van der Waals surface area contributed by atoms with E-state index in [1.165, 1.54) is 6.07 Å². The summed E-state index contributed by atoms with van der Waals surface area (Å²) in [6.45, 7) is 5.64. The van der Waals surface area contributed by atoms with Crippen LogP contribution in [0.15, 0.2) is 47.0 Å². The van der Waals surface area contributed by atoms with Crippen LogP contribution in [0, 0.1) is 5.92 Å². The number of carboxylic acid groups (broad SMARTS) is 1. The molecular weight excluding hydrogens is 490 g/mol. The first-order valence-corrected chi connectivity index (χ1v) is 11.6. The van der Waals surface area contributed by atoms with Gasteiger partial charge in [0.2, 0.25) is 6.79 Å². The topological polar surface area (TPSA) is 85.3 Å². The van der Waals surface area contributed by atoms with E-state index in [1.54, 1.807) is 17.0 Å². The number of allylic oxidation sites excluding steroid dienone is 2. The minimum absolute atomic E-state index is 0.00531. The van der Waals surface area contributed by atoms with E-state index in [4.69, 9.17) is 14.2 Å². The third-order valence-corrected chi connectivity index (χ3v) is 6.88. The highest BCUT2D eigenvalue weighted by Crippen LogP contribution is 2.55. The molecule has 0 unspecified atom stereocenters. The van der Waals surface area contributed by atoms with E-state index in [0.29, 0.717) is 17.2 Å². The number of aromatic carboxylic acids is 1. The maximum atomic E-state index is 13.6. The Hall–Kier alpha value is -3.00. The smallest absolute Gasteiger partial charge is 0.415 e. The molecule has 1 aliphatic carbocycles. The van der Waals surface area contributed by atoms with Crippen LogP contribution in [0.4, 0.5) is 10.5 Å². The van der Waals surface area contributed by atoms with Crippen LogP contribution in [0.1, 0.15) is 60.6 Å². The zero-order valence-electron chi connectivity index (χ0n) is 18.5. The first-order valence-electron chi connectivity index (χ1n) is 10.8. The molecule has 1 N–H and O–H groups in total. The number of carboxylic acids is 1. The third kappa shape index (κ3) is 3.76. The van der Waals surface area contributed by atoms with Gasteiger partial charge in [0.25, 0.3) is 0 Å². The average molecular weight is 514 g/mol. The SMILES string of the molecule is CC(C)(C)OC(=O)N1c2ccc(C(=O)O)cc2[C@@H]2C=CC[C@@H]2[C@@H]1c1cc2c(cc1Br)OCO2. The second-order valence-corrected chi connectivity index (χ2v) is 10.3. The Kier molecular flexibility index (Phi) is 5.16. The van der Waals surface area contributed by atoms with E-state index < -0.39 is 17.7 Å². The second kappa shape index (κ2) is 7.80. The molecule has 0 saturated heterocycles. The number of anilines is 1. The average Bonchev–Trinajstić information content (AvgIpc) is 3.39. The summed E-state index contributed by atoms with van der Waals surface area (Å²) < 4.78 is 17.8. The zero-order chi connectivity index (χ0) is 23.5. The first-order chi connectivity index (χ1) is 15.6. The second-order valence-electron chi connectivity index (χ2n) is 9.45. The maximum Gasteiger partial charge on any atom is 0.415 e. The number of amides is 1. The molecule has 0 saturated carbocycles. The quantitative estimate of drug-likeness (QED) is 0.493. The van der Waals surface area contributed by atoms with Crippen molar-refractivity contribution in [3.05, 3.63) is 63.6 Å². The van der Waals surface area contributed by atoms with Crippen molar-refractivity contribution >= 4 is 33.7 Å². The van der Waals surface area contributed by atoms with E-state index in [1.807, 2.05) is 32.9 Å². The largest absolute Gasteiger partial charge is 0.478 e. The Bertz CT molecular complexity index is 1180. The van der Waals surface area contributed by atoms with Crippen molar-refractivity contribution < 1.29 is 28.9 Å². The Labute approximate surface area is 200 Å². The van der Waals surface area contributed by atoms with Gasteiger partial charge < -0.3 is 19.3 Å². The summed E-state index contributed by atoms with van der Waals surface area (Å²) in [6, 6.07) is 8.34. The van der Waals surface area contributed by atoms with Crippen LogP contribution in [0.3, 0.4) is 0 Å². The highest BCUT2D eigenvalue weighted by atomic mass is 79.9. The Morgan fingerprint density at radius 1 is 1.12 bits per heavy atom. The number of halogens is 1. The Balaban J connectivity index is 1.70. The number of rotatable bonds is 2. The molecule has 2 aliphatic heterocycles. The Morgan fingerprint density at radius 3 is 2.55 bits per heavy atom. The van der Waals surface area contributed by atoms with Gasteiger partial charge in [-0.3, -0.25) is 4.90 Å². The van der Waals surface area contributed by atoms with E-state index in [2.05, 4.69) is 28.1 Å². The molecule has 2 aromatic carbocycles. The van der Waals surface area contributed by atoms with Crippen LogP contribution >= 0.6 is 15.9 Å². The summed E-state index contributed by atoms with van der Waals surface area (Å²) in [5, 5.41) is 9.56. The predicted molar refractivity (Wildman–Crippen MR) is 125 cm³/mol. The summed E-state index contributed by atoms with van der Waals surface area (Å²) in [5.41, 5.74) is 1.85. The van der Waals surface area contributed by atoms with E-state index in [-0.39, 0.29) is 30.2 Å². The van der Waals surface area contributed by atoms with Gasteiger partial charge in [0, 0.05) is 10.4 Å². The number of nitrogens with zero attached hydrogens (tertiary/aromatic N) is 1. The summed E-state index contributed by atoms with van der Waals surface area (Å²) in [5.74, 6) is 0.261. The molecule has 1 amide bonds. The van der Waals surface area contributed by atoms with Crippen LogP contribution in [-0.4, -0.2) is 29.6 Å². The van der Waals surface area contributed by atoms with Gasteiger partial charge in [-0.1, -0.05) is 28.1 Å². The van der Waals surface area contributed by atoms with Crippen molar-refractivity contribution in [3.63, 3.8) is 0 Å². The Morgan fingerprint density at radius 2 is 1.85 bits per heavy atom. The number of hydrogen-bond donors (Lipinski definition) is 1. The van der Waals surface area contributed by atoms with Gasteiger partial charge in [-0.15, -0.1) is 0 Å². The highest BCUT2D eigenvalue weighted by Gasteiger charge is 2.47. The molecule has 0 spiro atoms. The lowest BCUT2D eigenvalue weighted by atomic mass is 9.75. The van der Waals surface area contributed by atoms with Crippen molar-refractivity contribution in [1.82, 2.24) is 0 Å². The van der Waals surface area contributed by atoms with Crippen molar-refractivity contribution in [2.24, 2.45) is 5.92 Å². The molecule has 33 heavy (non-hydrogen) atoms. The third-order valence-electron chi connectivity index (χ3n) is 6.19. The normalized spacial score (nSPS) is 22.7. The van der Waals surface area contributed by atoms with Crippen molar-refractivity contribution in [2.45, 2.75) is 44.8 Å². The van der Waals surface area contributed by atoms with Gasteiger partial charge in [-0.2, -0.15) is 0 Å². The molecule has 7 nitrogen and oxygen atoms in total.